The predicted octanol–water partition coefficient (Wildman–Crippen LogP) is 1.42. The number of hydrogen-bond donors (Lipinski definition) is 1. The lowest BCUT2D eigenvalue weighted by atomic mass is 9.81. The summed E-state index contributed by atoms with van der Waals surface area (Å²) in [7, 11) is 0. The number of carbonyl (C=O) groups is 2. The van der Waals surface area contributed by atoms with Crippen LogP contribution in [0.15, 0.2) is 0 Å². The Labute approximate surface area is 114 Å². The van der Waals surface area contributed by atoms with Crippen molar-refractivity contribution in [2.75, 3.05) is 32.8 Å². The van der Waals surface area contributed by atoms with E-state index in [0.29, 0.717) is 18.3 Å². The Morgan fingerprint density at radius 2 is 1.79 bits per heavy atom. The Morgan fingerprint density at radius 1 is 1.16 bits per heavy atom. The third kappa shape index (κ3) is 4.20. The van der Waals surface area contributed by atoms with E-state index in [1.165, 1.54) is 0 Å². The number of nitrogens with zero attached hydrogens (tertiary/aromatic N) is 1. The molecule has 0 unspecified atom stereocenters. The van der Waals surface area contributed by atoms with Crippen LogP contribution in [0.5, 0.6) is 0 Å². The van der Waals surface area contributed by atoms with Gasteiger partial charge in [-0.25, -0.2) is 4.79 Å². The van der Waals surface area contributed by atoms with E-state index in [4.69, 9.17) is 4.74 Å². The molecule has 1 heterocycles. The van der Waals surface area contributed by atoms with Gasteiger partial charge in [0.05, 0.1) is 6.61 Å². The Bertz CT molecular complexity index is 319. The fourth-order valence-corrected chi connectivity index (χ4v) is 2.86. The number of hydrogen-bond acceptors (Lipinski definition) is 4. The van der Waals surface area contributed by atoms with Crippen LogP contribution < -0.4 is 5.32 Å². The van der Waals surface area contributed by atoms with E-state index in [0.717, 1.165) is 51.9 Å². The number of amides is 1. The summed E-state index contributed by atoms with van der Waals surface area (Å²) in [5, 5.41) is 3.21. The van der Waals surface area contributed by atoms with Gasteiger partial charge in [0.25, 0.3) is 0 Å². The van der Waals surface area contributed by atoms with Crippen molar-refractivity contribution in [3.63, 3.8) is 0 Å². The molecule has 0 aromatic carbocycles. The highest BCUT2D eigenvalue weighted by atomic mass is 16.6. The average molecular weight is 268 g/mol. The molecule has 5 nitrogen and oxygen atoms in total. The molecule has 0 radical (unpaired) electrons. The summed E-state index contributed by atoms with van der Waals surface area (Å²) in [5.41, 5.74) is 0. The minimum atomic E-state index is -0.185. The number of carbonyl (C=O) groups excluding carboxylic acids is 2. The van der Waals surface area contributed by atoms with E-state index in [9.17, 15) is 9.59 Å². The van der Waals surface area contributed by atoms with E-state index in [1.807, 2.05) is 0 Å². The molecule has 1 amide bonds. The first-order valence-corrected chi connectivity index (χ1v) is 7.29. The van der Waals surface area contributed by atoms with Gasteiger partial charge in [0.15, 0.2) is 0 Å². The molecule has 2 rings (SSSR count). The lowest BCUT2D eigenvalue weighted by Crippen LogP contribution is -2.46. The van der Waals surface area contributed by atoms with Crippen molar-refractivity contribution < 1.29 is 14.3 Å². The summed E-state index contributed by atoms with van der Waals surface area (Å²) >= 11 is 0. The molecular weight excluding hydrogens is 244 g/mol. The van der Waals surface area contributed by atoms with Gasteiger partial charge in [-0.05, 0) is 38.5 Å². The van der Waals surface area contributed by atoms with Gasteiger partial charge in [0.1, 0.15) is 5.78 Å². The molecule has 1 aliphatic heterocycles. The van der Waals surface area contributed by atoms with Crippen LogP contribution in [0.25, 0.3) is 0 Å². The van der Waals surface area contributed by atoms with Crippen LogP contribution in [0.4, 0.5) is 4.79 Å². The van der Waals surface area contributed by atoms with E-state index in [1.54, 1.807) is 11.8 Å². The zero-order valence-electron chi connectivity index (χ0n) is 11.7. The lowest BCUT2D eigenvalue weighted by Gasteiger charge is -2.29. The highest BCUT2D eigenvalue weighted by molar-refractivity contribution is 5.78. The van der Waals surface area contributed by atoms with Crippen LogP contribution in [-0.4, -0.2) is 49.6 Å². The number of piperazine rings is 1. The number of nitrogens with one attached hydrogen (secondary N) is 1. The molecule has 2 fully saturated rings. The molecule has 0 atom stereocenters. The van der Waals surface area contributed by atoms with E-state index in [2.05, 4.69) is 5.32 Å². The molecule has 1 N–H and O–H groups in total. The largest absolute Gasteiger partial charge is 0.449 e. The molecule has 0 aromatic rings. The second kappa shape index (κ2) is 6.89. The zero-order chi connectivity index (χ0) is 13.7. The maximum Gasteiger partial charge on any atom is 0.409 e. The first-order valence-electron chi connectivity index (χ1n) is 7.29. The molecule has 0 aromatic heterocycles. The summed E-state index contributed by atoms with van der Waals surface area (Å²) in [6, 6.07) is 0. The number of ether oxygens (including phenoxy) is 1. The number of Topliss-reactive ketones (excluding diaryl/α,β-unsaturated/α-hetero) is 1. The lowest BCUT2D eigenvalue weighted by molar-refractivity contribution is -0.122. The van der Waals surface area contributed by atoms with E-state index < -0.39 is 0 Å². The van der Waals surface area contributed by atoms with Crippen molar-refractivity contribution in [1.82, 2.24) is 10.2 Å². The van der Waals surface area contributed by atoms with Crippen molar-refractivity contribution >= 4 is 11.9 Å². The quantitative estimate of drug-likeness (QED) is 0.841. The van der Waals surface area contributed by atoms with Gasteiger partial charge in [-0.15, -0.1) is 0 Å². The second-order valence-electron chi connectivity index (χ2n) is 5.64. The Hall–Kier alpha value is -1.10. The van der Waals surface area contributed by atoms with Crippen molar-refractivity contribution in [2.24, 2.45) is 11.8 Å². The molecule has 0 spiro atoms. The summed E-state index contributed by atoms with van der Waals surface area (Å²) in [4.78, 5) is 24.9. The summed E-state index contributed by atoms with van der Waals surface area (Å²) < 4.78 is 5.39. The first-order chi connectivity index (χ1) is 9.16. The van der Waals surface area contributed by atoms with Crippen LogP contribution in [0.1, 0.15) is 32.6 Å². The Balaban J connectivity index is 1.66. The Kier molecular flexibility index (Phi) is 5.19. The molecule has 1 saturated heterocycles. The maximum atomic E-state index is 11.8. The van der Waals surface area contributed by atoms with Crippen molar-refractivity contribution in [3.8, 4) is 0 Å². The zero-order valence-corrected chi connectivity index (χ0v) is 11.7. The smallest absolute Gasteiger partial charge is 0.409 e. The third-order valence-electron chi connectivity index (χ3n) is 4.24. The topological polar surface area (TPSA) is 58.6 Å². The predicted molar refractivity (Wildman–Crippen MR) is 71.9 cm³/mol. The van der Waals surface area contributed by atoms with Crippen molar-refractivity contribution in [1.29, 1.82) is 0 Å². The van der Waals surface area contributed by atoms with Gasteiger partial charge in [-0.1, -0.05) is 0 Å². The number of ketones is 1. The minimum absolute atomic E-state index is 0.185. The molecule has 0 bridgehead atoms. The minimum Gasteiger partial charge on any atom is -0.449 e. The number of rotatable bonds is 3. The molecule has 19 heavy (non-hydrogen) atoms. The normalized spacial score (nSPS) is 27.9. The SMILES string of the molecule is CC(=O)C1CCC(COC(=O)N2CCNCC2)CC1. The Morgan fingerprint density at radius 3 is 2.37 bits per heavy atom. The van der Waals surface area contributed by atoms with Gasteiger partial charge in [-0.3, -0.25) is 4.79 Å². The van der Waals surface area contributed by atoms with Gasteiger partial charge >= 0.3 is 6.09 Å². The van der Waals surface area contributed by atoms with Crippen LogP contribution in [0.2, 0.25) is 0 Å². The summed E-state index contributed by atoms with van der Waals surface area (Å²) in [5.74, 6) is 0.971. The molecule has 2 aliphatic rings. The molecular formula is C14H24N2O3. The van der Waals surface area contributed by atoms with E-state index >= 15 is 0 Å². The van der Waals surface area contributed by atoms with Crippen LogP contribution in [-0.2, 0) is 9.53 Å². The molecule has 1 saturated carbocycles. The summed E-state index contributed by atoms with van der Waals surface area (Å²) in [6.45, 7) is 5.34. The summed E-state index contributed by atoms with van der Waals surface area (Å²) in [6.07, 6.45) is 3.71. The van der Waals surface area contributed by atoms with Crippen molar-refractivity contribution in [2.45, 2.75) is 32.6 Å². The fraction of sp³-hybridized carbons (Fsp3) is 0.857. The first kappa shape index (κ1) is 14.3. The van der Waals surface area contributed by atoms with Crippen LogP contribution in [0.3, 0.4) is 0 Å². The van der Waals surface area contributed by atoms with Gasteiger partial charge in [0.2, 0.25) is 0 Å². The molecule has 1 aliphatic carbocycles. The fourth-order valence-electron chi connectivity index (χ4n) is 2.86. The second-order valence-corrected chi connectivity index (χ2v) is 5.64. The highest BCUT2D eigenvalue weighted by Crippen LogP contribution is 2.29. The van der Waals surface area contributed by atoms with Gasteiger partial charge in [0, 0.05) is 32.1 Å². The monoisotopic (exact) mass is 268 g/mol. The van der Waals surface area contributed by atoms with Crippen LogP contribution >= 0.6 is 0 Å². The molecule has 108 valence electrons. The highest BCUT2D eigenvalue weighted by Gasteiger charge is 2.25. The standard InChI is InChI=1S/C14H24N2O3/c1-11(17)13-4-2-12(3-5-13)10-19-14(18)16-8-6-15-7-9-16/h12-13,15H,2-10H2,1H3. The molecule has 5 heteroatoms. The van der Waals surface area contributed by atoms with Gasteiger partial charge < -0.3 is 15.0 Å². The average Bonchev–Trinajstić information content (AvgIpc) is 2.46. The third-order valence-corrected chi connectivity index (χ3v) is 4.24. The maximum absolute atomic E-state index is 11.8. The van der Waals surface area contributed by atoms with Crippen LogP contribution in [0, 0.1) is 11.8 Å². The van der Waals surface area contributed by atoms with Crippen molar-refractivity contribution in [3.05, 3.63) is 0 Å². The van der Waals surface area contributed by atoms with E-state index in [-0.39, 0.29) is 12.0 Å². The van der Waals surface area contributed by atoms with Gasteiger partial charge in [-0.2, -0.15) is 0 Å².